The molecule has 0 bridgehead atoms. The van der Waals surface area contributed by atoms with Crippen LogP contribution >= 0.6 is 27.3 Å². The molecule has 0 aliphatic rings. The van der Waals surface area contributed by atoms with Crippen LogP contribution in [0, 0.1) is 5.82 Å². The van der Waals surface area contributed by atoms with Crippen LogP contribution in [0.4, 0.5) is 9.52 Å². The minimum atomic E-state index is -0.398. The lowest BCUT2D eigenvalue weighted by Crippen LogP contribution is -2.30. The average molecular weight is 442 g/mol. The minimum Gasteiger partial charge on any atom is -0.279 e. The molecule has 4 rings (SSSR count). The van der Waals surface area contributed by atoms with Crippen LogP contribution in [0.1, 0.15) is 15.9 Å². The van der Waals surface area contributed by atoms with Crippen LogP contribution < -0.4 is 4.90 Å². The van der Waals surface area contributed by atoms with Crippen molar-refractivity contribution in [2.24, 2.45) is 0 Å². The highest BCUT2D eigenvalue weighted by Crippen LogP contribution is 2.32. The second kappa shape index (κ2) is 7.54. The summed E-state index contributed by atoms with van der Waals surface area (Å²) in [6.07, 6.45) is 3.38. The number of rotatable bonds is 4. The van der Waals surface area contributed by atoms with Gasteiger partial charge in [0.25, 0.3) is 5.91 Å². The molecule has 2 aromatic heterocycles. The molecule has 0 saturated heterocycles. The molecule has 7 heteroatoms. The van der Waals surface area contributed by atoms with E-state index in [1.807, 2.05) is 24.3 Å². The number of aromatic nitrogens is 2. The Bertz CT molecular complexity index is 1120. The second-order valence-corrected chi connectivity index (χ2v) is 7.68. The lowest BCUT2D eigenvalue weighted by molar-refractivity contribution is 0.0984. The zero-order valence-electron chi connectivity index (χ0n) is 14.0. The molecular formula is C20H13BrFN3OS. The summed E-state index contributed by atoms with van der Waals surface area (Å²) in [5, 5.41) is 0.444. The molecule has 2 aromatic carbocycles. The number of fused-ring (bicyclic) bond motifs is 1. The van der Waals surface area contributed by atoms with Gasteiger partial charge in [-0.2, -0.15) is 0 Å². The van der Waals surface area contributed by atoms with Gasteiger partial charge in [0.2, 0.25) is 0 Å². The maximum atomic E-state index is 14.1. The first-order chi connectivity index (χ1) is 13.1. The maximum Gasteiger partial charge on any atom is 0.261 e. The van der Waals surface area contributed by atoms with Crippen molar-refractivity contribution in [2.45, 2.75) is 6.54 Å². The number of anilines is 1. The Morgan fingerprint density at radius 2 is 1.96 bits per heavy atom. The van der Waals surface area contributed by atoms with E-state index in [2.05, 4.69) is 25.9 Å². The van der Waals surface area contributed by atoms with Gasteiger partial charge in [-0.25, -0.2) is 9.37 Å². The fraction of sp³-hybridized carbons (Fsp3) is 0.0500. The fourth-order valence-corrected chi connectivity index (χ4v) is 4.13. The van der Waals surface area contributed by atoms with Crippen molar-refractivity contribution in [3.63, 3.8) is 0 Å². The van der Waals surface area contributed by atoms with Gasteiger partial charge in [-0.15, -0.1) is 0 Å². The Morgan fingerprint density at radius 1 is 1.11 bits per heavy atom. The highest BCUT2D eigenvalue weighted by atomic mass is 79.9. The molecule has 0 unspecified atom stereocenters. The van der Waals surface area contributed by atoms with Crippen LogP contribution in [-0.4, -0.2) is 15.9 Å². The van der Waals surface area contributed by atoms with Gasteiger partial charge in [0.05, 0.1) is 16.8 Å². The molecular weight excluding hydrogens is 429 g/mol. The first-order valence-corrected chi connectivity index (χ1v) is 9.75. The predicted octanol–water partition coefficient (Wildman–Crippen LogP) is 5.44. The molecule has 27 heavy (non-hydrogen) atoms. The molecule has 4 nitrogen and oxygen atoms in total. The van der Waals surface area contributed by atoms with Gasteiger partial charge >= 0.3 is 0 Å². The standard InChI is InChI=1S/C20H13BrFN3OS/c21-15-7-2-1-6-14(15)19(26)25(12-13-5-4-10-23-11-13)20-24-18-16(22)8-3-9-17(18)27-20/h1-11H,12H2. The summed E-state index contributed by atoms with van der Waals surface area (Å²) in [6.45, 7) is 0.287. The summed E-state index contributed by atoms with van der Waals surface area (Å²) in [4.78, 5) is 23.3. The van der Waals surface area contributed by atoms with E-state index in [1.54, 1.807) is 41.6 Å². The van der Waals surface area contributed by atoms with Crippen molar-refractivity contribution in [1.29, 1.82) is 0 Å². The van der Waals surface area contributed by atoms with Crippen molar-refractivity contribution in [3.8, 4) is 0 Å². The molecule has 0 aliphatic heterocycles. The summed E-state index contributed by atoms with van der Waals surface area (Å²) in [5.41, 5.74) is 1.65. The number of hydrogen-bond donors (Lipinski definition) is 0. The molecule has 0 saturated carbocycles. The van der Waals surface area contributed by atoms with Gasteiger partial charge in [-0.1, -0.05) is 35.6 Å². The van der Waals surface area contributed by atoms with Crippen LogP contribution in [0.3, 0.4) is 0 Å². The number of amides is 1. The van der Waals surface area contributed by atoms with Crippen molar-refractivity contribution in [1.82, 2.24) is 9.97 Å². The topological polar surface area (TPSA) is 46.1 Å². The van der Waals surface area contributed by atoms with E-state index in [0.29, 0.717) is 19.9 Å². The summed E-state index contributed by atoms with van der Waals surface area (Å²) in [7, 11) is 0. The number of halogens is 2. The SMILES string of the molecule is O=C(c1ccccc1Br)N(Cc1cccnc1)c1nc2c(F)cccc2s1. The first-order valence-electron chi connectivity index (χ1n) is 8.14. The normalized spacial score (nSPS) is 10.9. The van der Waals surface area contributed by atoms with Gasteiger partial charge in [-0.05, 0) is 51.8 Å². The Balaban J connectivity index is 1.81. The number of pyridine rings is 1. The van der Waals surface area contributed by atoms with Crippen LogP contribution in [0.25, 0.3) is 10.2 Å². The largest absolute Gasteiger partial charge is 0.279 e. The molecule has 134 valence electrons. The highest BCUT2D eigenvalue weighted by Gasteiger charge is 2.24. The number of nitrogens with zero attached hydrogens (tertiary/aromatic N) is 3. The van der Waals surface area contributed by atoms with E-state index in [4.69, 9.17) is 0 Å². The molecule has 0 aliphatic carbocycles. The van der Waals surface area contributed by atoms with Crippen molar-refractivity contribution in [2.75, 3.05) is 4.90 Å². The highest BCUT2D eigenvalue weighted by molar-refractivity contribution is 9.10. The molecule has 4 aromatic rings. The fourth-order valence-electron chi connectivity index (χ4n) is 2.70. The molecule has 0 N–H and O–H groups in total. The third-order valence-electron chi connectivity index (χ3n) is 4.00. The Hall–Kier alpha value is -2.64. The minimum absolute atomic E-state index is 0.217. The van der Waals surface area contributed by atoms with E-state index in [-0.39, 0.29) is 18.0 Å². The van der Waals surface area contributed by atoms with Gasteiger partial charge in [0.1, 0.15) is 11.3 Å². The van der Waals surface area contributed by atoms with E-state index < -0.39 is 5.82 Å². The van der Waals surface area contributed by atoms with Gasteiger partial charge in [0.15, 0.2) is 5.13 Å². The zero-order valence-corrected chi connectivity index (χ0v) is 16.4. The summed E-state index contributed by atoms with van der Waals surface area (Å²) < 4.78 is 15.5. The molecule has 0 fully saturated rings. The lowest BCUT2D eigenvalue weighted by Gasteiger charge is -2.20. The summed E-state index contributed by atoms with van der Waals surface area (Å²) >= 11 is 4.72. The Morgan fingerprint density at radius 3 is 2.70 bits per heavy atom. The summed E-state index contributed by atoms with van der Waals surface area (Å²) in [6, 6.07) is 15.7. The van der Waals surface area contributed by atoms with Crippen molar-refractivity contribution in [3.05, 3.63) is 88.4 Å². The number of carbonyl (C=O) groups is 1. The third-order valence-corrected chi connectivity index (χ3v) is 5.74. The second-order valence-electron chi connectivity index (χ2n) is 5.82. The Kier molecular flexibility index (Phi) is 4.96. The monoisotopic (exact) mass is 441 g/mol. The first kappa shape index (κ1) is 17.8. The van der Waals surface area contributed by atoms with Crippen LogP contribution in [0.2, 0.25) is 0 Å². The van der Waals surface area contributed by atoms with E-state index in [1.165, 1.54) is 17.4 Å². The number of benzene rings is 2. The number of carbonyl (C=O) groups excluding carboxylic acids is 1. The molecule has 0 spiro atoms. The van der Waals surface area contributed by atoms with Crippen molar-refractivity contribution < 1.29 is 9.18 Å². The average Bonchev–Trinajstić information content (AvgIpc) is 3.12. The Labute approximate surface area is 167 Å². The van der Waals surface area contributed by atoms with Gasteiger partial charge in [-0.3, -0.25) is 14.7 Å². The quantitative estimate of drug-likeness (QED) is 0.423. The molecule has 2 heterocycles. The van der Waals surface area contributed by atoms with Gasteiger partial charge in [0, 0.05) is 16.9 Å². The number of para-hydroxylation sites is 1. The molecule has 0 atom stereocenters. The molecule has 1 amide bonds. The lowest BCUT2D eigenvalue weighted by atomic mass is 10.2. The van der Waals surface area contributed by atoms with Crippen LogP contribution in [0.15, 0.2) is 71.5 Å². The number of hydrogen-bond acceptors (Lipinski definition) is 4. The van der Waals surface area contributed by atoms with E-state index in [0.717, 1.165) is 5.56 Å². The van der Waals surface area contributed by atoms with E-state index in [9.17, 15) is 9.18 Å². The van der Waals surface area contributed by atoms with Crippen LogP contribution in [0.5, 0.6) is 0 Å². The molecule has 0 radical (unpaired) electrons. The third kappa shape index (κ3) is 3.61. The predicted molar refractivity (Wildman–Crippen MR) is 108 cm³/mol. The maximum absolute atomic E-state index is 14.1. The van der Waals surface area contributed by atoms with E-state index >= 15 is 0 Å². The smallest absolute Gasteiger partial charge is 0.261 e. The summed E-state index contributed by atoms with van der Waals surface area (Å²) in [5.74, 6) is -0.615. The van der Waals surface area contributed by atoms with Crippen molar-refractivity contribution >= 4 is 48.5 Å². The zero-order chi connectivity index (χ0) is 18.8. The number of thiazole rings is 1. The van der Waals surface area contributed by atoms with Gasteiger partial charge < -0.3 is 0 Å². The van der Waals surface area contributed by atoms with Crippen LogP contribution in [-0.2, 0) is 6.54 Å².